The highest BCUT2D eigenvalue weighted by Crippen LogP contribution is 2.60. The van der Waals surface area contributed by atoms with Crippen molar-refractivity contribution in [3.05, 3.63) is 81.6 Å². The van der Waals surface area contributed by atoms with Crippen LogP contribution in [0, 0.1) is 11.3 Å². The summed E-state index contributed by atoms with van der Waals surface area (Å²) in [6.45, 7) is 7.60. The maximum Gasteiger partial charge on any atom is 0.226 e. The van der Waals surface area contributed by atoms with Crippen LogP contribution in [0.15, 0.2) is 54.9 Å². The topological polar surface area (TPSA) is 73.4 Å². The van der Waals surface area contributed by atoms with Crippen molar-refractivity contribution in [2.45, 2.75) is 50.0 Å². The summed E-state index contributed by atoms with van der Waals surface area (Å²) in [4.78, 5) is 13.2. The van der Waals surface area contributed by atoms with Gasteiger partial charge in [-0.2, -0.15) is 0 Å². The van der Waals surface area contributed by atoms with Gasteiger partial charge >= 0.3 is 0 Å². The molecule has 186 valence electrons. The first-order chi connectivity index (χ1) is 16.9. The molecule has 1 amide bonds. The van der Waals surface area contributed by atoms with Gasteiger partial charge in [0.2, 0.25) is 5.91 Å². The summed E-state index contributed by atoms with van der Waals surface area (Å²) in [6.07, 6.45) is 2.38. The number of hydrogen-bond donors (Lipinski definition) is 4. The number of nitrogens with one attached hydrogen (secondary N) is 3. The van der Waals surface area contributed by atoms with Crippen molar-refractivity contribution < 1.29 is 9.90 Å². The molecule has 35 heavy (non-hydrogen) atoms. The molecule has 4 N–H and O–H groups in total. The molecule has 5 nitrogen and oxygen atoms in total. The van der Waals surface area contributed by atoms with E-state index in [-0.39, 0.29) is 36.3 Å². The fraction of sp³-hybridized carbons (Fsp3) is 0.464. The smallest absolute Gasteiger partial charge is 0.226 e. The van der Waals surface area contributed by atoms with Gasteiger partial charge < -0.3 is 21.1 Å². The molecule has 2 saturated heterocycles. The van der Waals surface area contributed by atoms with E-state index >= 15 is 0 Å². The Labute approximate surface area is 217 Å². The van der Waals surface area contributed by atoms with Crippen LogP contribution in [-0.2, 0) is 4.79 Å². The zero-order valence-corrected chi connectivity index (χ0v) is 21.5. The first-order valence-corrected chi connectivity index (χ1v) is 13.3. The highest BCUT2D eigenvalue weighted by molar-refractivity contribution is 6.31. The molecule has 2 heterocycles. The van der Waals surface area contributed by atoms with E-state index in [1.54, 1.807) is 0 Å². The summed E-state index contributed by atoms with van der Waals surface area (Å²) in [5.74, 6) is 1.37. The van der Waals surface area contributed by atoms with Crippen LogP contribution in [0.5, 0.6) is 0 Å². The number of carbonyl (C=O) groups is 1. The summed E-state index contributed by atoms with van der Waals surface area (Å²) < 4.78 is 0. The van der Waals surface area contributed by atoms with Crippen LogP contribution in [-0.4, -0.2) is 36.8 Å². The van der Waals surface area contributed by atoms with Crippen molar-refractivity contribution in [2.75, 3.05) is 19.7 Å². The summed E-state index contributed by atoms with van der Waals surface area (Å²) in [5, 5.41) is 21.4. The molecule has 1 saturated carbocycles. The second-order valence-corrected chi connectivity index (χ2v) is 11.1. The molecule has 2 aromatic carbocycles. The van der Waals surface area contributed by atoms with E-state index in [2.05, 4.69) is 59.8 Å². The maximum atomic E-state index is 13.2. The van der Waals surface area contributed by atoms with Gasteiger partial charge in [-0.1, -0.05) is 61.0 Å². The molecule has 3 aliphatic rings. The van der Waals surface area contributed by atoms with Crippen LogP contribution in [0.25, 0.3) is 0 Å². The first-order valence-electron chi connectivity index (χ1n) is 12.5. The van der Waals surface area contributed by atoms with E-state index < -0.39 is 5.41 Å². The number of amides is 1. The molecule has 1 aliphatic carbocycles. The number of rotatable bonds is 5. The molecule has 2 aromatic rings. The summed E-state index contributed by atoms with van der Waals surface area (Å²) >= 11 is 13.2. The Bertz CT molecular complexity index is 1110. The Hall–Kier alpha value is -2.21. The molecule has 3 fully saturated rings. The van der Waals surface area contributed by atoms with Crippen molar-refractivity contribution in [3.63, 3.8) is 0 Å². The lowest BCUT2D eigenvalue weighted by Gasteiger charge is -2.48. The van der Waals surface area contributed by atoms with E-state index in [0.29, 0.717) is 10.9 Å². The minimum atomic E-state index is -0.484. The van der Waals surface area contributed by atoms with Crippen molar-refractivity contribution in [3.8, 4) is 0 Å². The van der Waals surface area contributed by atoms with Crippen molar-refractivity contribution in [1.82, 2.24) is 16.0 Å². The number of aliphatic hydroxyl groups is 1. The lowest BCUT2D eigenvalue weighted by Crippen LogP contribution is -2.45. The van der Waals surface area contributed by atoms with Crippen LogP contribution >= 0.6 is 23.2 Å². The van der Waals surface area contributed by atoms with Crippen molar-refractivity contribution in [1.29, 1.82) is 0 Å². The van der Waals surface area contributed by atoms with E-state index in [4.69, 9.17) is 23.2 Å². The zero-order valence-electron chi connectivity index (χ0n) is 20.0. The standard InChI is InChI=1S/C28H33Cl2N3O2/c1-3-28-11-10-22(21-9-6-18(12-23(21)30)19-13-31-16(2)32-14-19)25(17-4-7-20(29)8-5-17)26(28)24(15-34)33-27(28)35/h4-9,12,19,22,24-26,31-32,34H,2-3,10-11,13-15H2,1H3,(H,33,35)/t22-,24+,25?,26-,28+/m0/s1. The number of halogens is 2. The van der Waals surface area contributed by atoms with Crippen LogP contribution in [0.3, 0.4) is 0 Å². The van der Waals surface area contributed by atoms with Gasteiger partial charge in [0.15, 0.2) is 0 Å². The highest BCUT2D eigenvalue weighted by Gasteiger charge is 2.60. The molecule has 0 radical (unpaired) electrons. The highest BCUT2D eigenvalue weighted by atomic mass is 35.5. The first kappa shape index (κ1) is 24.5. The molecule has 0 aromatic heterocycles. The van der Waals surface area contributed by atoms with Gasteiger partial charge in [-0.15, -0.1) is 0 Å². The largest absolute Gasteiger partial charge is 0.394 e. The molecule has 0 bridgehead atoms. The predicted octanol–water partition coefficient (Wildman–Crippen LogP) is 4.91. The lowest BCUT2D eigenvalue weighted by atomic mass is 9.54. The summed E-state index contributed by atoms with van der Waals surface area (Å²) in [6, 6.07) is 14.1. The Kier molecular flexibility index (Phi) is 6.77. The number of carbonyl (C=O) groups excluding carboxylic acids is 1. The SMILES string of the molecule is C=C1NCC(c2ccc([C@@H]3CC[C@@]4(CC)C(=O)N[C@H](CO)[C@H]4C3c3ccc(Cl)cc3)c(Cl)c2)CN1. The normalized spacial score (nSPS) is 30.9. The van der Waals surface area contributed by atoms with Gasteiger partial charge in [-0.3, -0.25) is 4.79 Å². The van der Waals surface area contributed by atoms with Crippen molar-refractivity contribution >= 4 is 29.1 Å². The molecular formula is C28H33Cl2N3O2. The van der Waals surface area contributed by atoms with E-state index in [1.165, 1.54) is 5.56 Å². The van der Waals surface area contributed by atoms with Gasteiger partial charge in [0.25, 0.3) is 0 Å². The monoisotopic (exact) mass is 513 g/mol. The predicted molar refractivity (Wildman–Crippen MR) is 141 cm³/mol. The van der Waals surface area contributed by atoms with Gasteiger partial charge in [-0.05, 0) is 66.0 Å². The van der Waals surface area contributed by atoms with Gasteiger partial charge in [0, 0.05) is 35.0 Å². The number of hydrogen-bond acceptors (Lipinski definition) is 4. The molecule has 7 heteroatoms. The minimum absolute atomic E-state index is 0.0292. The average molecular weight is 514 g/mol. The lowest BCUT2D eigenvalue weighted by molar-refractivity contribution is -0.131. The molecular weight excluding hydrogens is 481 g/mol. The van der Waals surface area contributed by atoms with Crippen molar-refractivity contribution in [2.24, 2.45) is 11.3 Å². The van der Waals surface area contributed by atoms with Crippen LogP contribution in [0.1, 0.15) is 60.6 Å². The van der Waals surface area contributed by atoms with Crippen LogP contribution < -0.4 is 16.0 Å². The molecule has 5 rings (SSSR count). The number of benzene rings is 2. The number of aliphatic hydroxyl groups excluding tert-OH is 1. The second kappa shape index (κ2) is 9.68. The summed E-state index contributed by atoms with van der Waals surface area (Å²) in [7, 11) is 0. The van der Waals surface area contributed by atoms with E-state index in [0.717, 1.165) is 54.3 Å². The van der Waals surface area contributed by atoms with Gasteiger partial charge in [0.1, 0.15) is 0 Å². The fourth-order valence-electron chi connectivity index (χ4n) is 6.82. The average Bonchev–Trinajstić information content (AvgIpc) is 3.16. The fourth-order valence-corrected chi connectivity index (χ4v) is 7.28. The molecule has 2 aliphatic heterocycles. The third kappa shape index (κ3) is 4.22. The van der Waals surface area contributed by atoms with Gasteiger partial charge in [0.05, 0.1) is 23.9 Å². The Balaban J connectivity index is 1.55. The zero-order chi connectivity index (χ0) is 24.7. The maximum absolute atomic E-state index is 13.2. The van der Waals surface area contributed by atoms with E-state index in [1.807, 2.05) is 12.1 Å². The third-order valence-corrected chi connectivity index (χ3v) is 9.24. The molecule has 5 atom stereocenters. The molecule has 1 unspecified atom stereocenters. The Morgan fingerprint density at radius 2 is 1.77 bits per heavy atom. The van der Waals surface area contributed by atoms with Crippen LogP contribution in [0.4, 0.5) is 0 Å². The minimum Gasteiger partial charge on any atom is -0.394 e. The van der Waals surface area contributed by atoms with Crippen LogP contribution in [0.2, 0.25) is 10.0 Å². The second-order valence-electron chi connectivity index (χ2n) is 10.2. The quantitative estimate of drug-likeness (QED) is 0.458. The van der Waals surface area contributed by atoms with E-state index in [9.17, 15) is 9.90 Å². The number of fused-ring (bicyclic) bond motifs is 1. The molecule has 0 spiro atoms. The summed E-state index contributed by atoms with van der Waals surface area (Å²) in [5.41, 5.74) is 2.95. The Morgan fingerprint density at radius 1 is 1.09 bits per heavy atom. The third-order valence-electron chi connectivity index (χ3n) is 8.66. The van der Waals surface area contributed by atoms with Gasteiger partial charge in [-0.25, -0.2) is 0 Å². The Morgan fingerprint density at radius 3 is 2.40 bits per heavy atom.